The average molecular weight is 441 g/mol. The van der Waals surface area contributed by atoms with Crippen LogP contribution < -0.4 is 10.6 Å². The van der Waals surface area contributed by atoms with Gasteiger partial charge in [0.25, 0.3) is 5.91 Å². The number of hydrogen-bond donors (Lipinski definition) is 2. The van der Waals surface area contributed by atoms with E-state index in [0.29, 0.717) is 22.9 Å². The molecular weight excluding hydrogens is 412 g/mol. The van der Waals surface area contributed by atoms with Crippen LogP contribution in [0.2, 0.25) is 0 Å². The molecule has 2 bridgehead atoms. The number of para-hydroxylation sites is 2. The van der Waals surface area contributed by atoms with Crippen molar-refractivity contribution in [2.45, 2.75) is 33.6 Å². The van der Waals surface area contributed by atoms with Crippen LogP contribution in [0, 0.1) is 31.1 Å². The Labute approximate surface area is 193 Å². The minimum atomic E-state index is -0.437. The fourth-order valence-electron chi connectivity index (χ4n) is 5.24. The summed E-state index contributed by atoms with van der Waals surface area (Å²) in [6, 6.07) is 17.0. The van der Waals surface area contributed by atoms with Gasteiger partial charge in [-0.05, 0) is 62.8 Å². The molecule has 0 radical (unpaired) electrons. The first-order chi connectivity index (χ1) is 15.9. The fourth-order valence-corrected chi connectivity index (χ4v) is 5.24. The molecule has 1 fully saturated rings. The molecule has 0 saturated heterocycles. The predicted octanol–water partition coefficient (Wildman–Crippen LogP) is 5.28. The van der Waals surface area contributed by atoms with E-state index in [1.807, 2.05) is 61.9 Å². The van der Waals surface area contributed by atoms with Gasteiger partial charge in [-0.25, -0.2) is 4.68 Å². The van der Waals surface area contributed by atoms with Gasteiger partial charge in [0.1, 0.15) is 0 Å². The van der Waals surface area contributed by atoms with Crippen LogP contribution in [0.3, 0.4) is 0 Å². The van der Waals surface area contributed by atoms with Crippen LogP contribution in [0.15, 0.2) is 66.7 Å². The number of nitrogens with one attached hydrogen (secondary N) is 2. The highest BCUT2D eigenvalue weighted by atomic mass is 16.2. The molecular formula is C27H28N4O2. The molecule has 2 N–H and O–H groups in total. The summed E-state index contributed by atoms with van der Waals surface area (Å²) < 4.78 is 1.82. The summed E-state index contributed by atoms with van der Waals surface area (Å²) in [6.07, 6.45) is 6.28. The van der Waals surface area contributed by atoms with Crippen molar-refractivity contribution in [1.29, 1.82) is 0 Å². The molecule has 3 aromatic rings. The van der Waals surface area contributed by atoms with Gasteiger partial charge in [-0.1, -0.05) is 49.4 Å². The third-order valence-electron chi connectivity index (χ3n) is 7.15. The Morgan fingerprint density at radius 3 is 2.42 bits per heavy atom. The number of hydrogen-bond acceptors (Lipinski definition) is 3. The first-order valence-electron chi connectivity index (χ1n) is 11.4. The maximum absolute atomic E-state index is 13.3. The Hall–Kier alpha value is -3.67. The van der Waals surface area contributed by atoms with E-state index < -0.39 is 5.41 Å². The highest BCUT2D eigenvalue weighted by Gasteiger charge is 2.50. The van der Waals surface area contributed by atoms with Crippen LogP contribution in [-0.4, -0.2) is 21.6 Å². The zero-order valence-electron chi connectivity index (χ0n) is 19.1. The lowest BCUT2D eigenvalue weighted by atomic mass is 9.76. The summed E-state index contributed by atoms with van der Waals surface area (Å²) in [4.78, 5) is 26.5. The molecule has 2 aliphatic carbocycles. The number of allylic oxidation sites excluding steroid dienone is 2. The van der Waals surface area contributed by atoms with Gasteiger partial charge in [0.15, 0.2) is 0 Å². The van der Waals surface area contributed by atoms with E-state index in [1.165, 1.54) is 0 Å². The van der Waals surface area contributed by atoms with Gasteiger partial charge in [0, 0.05) is 0 Å². The summed E-state index contributed by atoms with van der Waals surface area (Å²) in [7, 11) is 0. The van der Waals surface area contributed by atoms with E-state index in [1.54, 1.807) is 18.2 Å². The highest BCUT2D eigenvalue weighted by Crippen LogP contribution is 2.52. The van der Waals surface area contributed by atoms with Crippen molar-refractivity contribution in [2.24, 2.45) is 17.3 Å². The SMILES string of the molecule is Cc1nn(-c2ccccc2)c(C)c1NC(=O)c1ccccc1NC(=O)[C@@]1(C)C[C@H]2C=C[C@H]1C2. The first kappa shape index (κ1) is 21.2. The number of benzene rings is 2. The van der Waals surface area contributed by atoms with Gasteiger partial charge in [-0.15, -0.1) is 0 Å². The van der Waals surface area contributed by atoms with Crippen LogP contribution in [-0.2, 0) is 4.79 Å². The van der Waals surface area contributed by atoms with Crippen LogP contribution in [0.1, 0.15) is 41.5 Å². The predicted molar refractivity (Wildman–Crippen MR) is 130 cm³/mol. The van der Waals surface area contributed by atoms with Gasteiger partial charge in [0.2, 0.25) is 5.91 Å². The Balaban J connectivity index is 1.38. The minimum absolute atomic E-state index is 0.0242. The average Bonchev–Trinajstić information content (AvgIpc) is 3.49. The minimum Gasteiger partial charge on any atom is -0.325 e. The lowest BCUT2D eigenvalue weighted by Gasteiger charge is -2.30. The number of amides is 2. The normalized spacial score (nSPS) is 23.0. The lowest BCUT2D eigenvalue weighted by molar-refractivity contribution is -0.126. The second-order valence-corrected chi connectivity index (χ2v) is 9.36. The third-order valence-corrected chi connectivity index (χ3v) is 7.15. The molecule has 0 aliphatic heterocycles. The lowest BCUT2D eigenvalue weighted by Crippen LogP contribution is -2.37. The highest BCUT2D eigenvalue weighted by molar-refractivity contribution is 6.11. The Morgan fingerprint density at radius 2 is 1.73 bits per heavy atom. The van der Waals surface area contributed by atoms with Crippen molar-refractivity contribution in [3.05, 3.63) is 83.7 Å². The number of carbonyl (C=O) groups excluding carboxylic acids is 2. The Bertz CT molecular complexity index is 1260. The molecule has 2 aromatic carbocycles. The van der Waals surface area contributed by atoms with Gasteiger partial charge in [-0.2, -0.15) is 5.10 Å². The monoisotopic (exact) mass is 440 g/mol. The van der Waals surface area contributed by atoms with E-state index in [-0.39, 0.29) is 17.7 Å². The molecule has 168 valence electrons. The summed E-state index contributed by atoms with van der Waals surface area (Å²) in [6.45, 7) is 5.84. The second kappa shape index (κ2) is 8.03. The number of rotatable bonds is 5. The van der Waals surface area contributed by atoms with Crippen molar-refractivity contribution in [3.63, 3.8) is 0 Å². The van der Waals surface area contributed by atoms with E-state index >= 15 is 0 Å². The smallest absolute Gasteiger partial charge is 0.257 e. The molecule has 33 heavy (non-hydrogen) atoms. The number of aryl methyl sites for hydroxylation is 1. The standard InChI is InChI=1S/C27H28N4O2/c1-17-24(18(2)31(30-17)21-9-5-4-6-10-21)29-25(32)22-11-7-8-12-23(22)28-26(33)27(3)16-19-13-14-20(27)15-19/h4-14,19-20H,15-16H2,1-3H3,(H,28,33)(H,29,32)/t19-,20-,27-/m0/s1. The van der Waals surface area contributed by atoms with Gasteiger partial charge < -0.3 is 10.6 Å². The van der Waals surface area contributed by atoms with E-state index in [9.17, 15) is 9.59 Å². The maximum Gasteiger partial charge on any atom is 0.257 e. The topological polar surface area (TPSA) is 76.0 Å². The molecule has 2 aliphatic rings. The van der Waals surface area contributed by atoms with Crippen LogP contribution in [0.5, 0.6) is 0 Å². The van der Waals surface area contributed by atoms with Crippen molar-refractivity contribution in [2.75, 3.05) is 10.6 Å². The molecule has 0 spiro atoms. The van der Waals surface area contributed by atoms with E-state index in [2.05, 4.69) is 27.9 Å². The van der Waals surface area contributed by atoms with Crippen LogP contribution in [0.25, 0.3) is 5.69 Å². The van der Waals surface area contributed by atoms with Crippen molar-refractivity contribution in [3.8, 4) is 5.69 Å². The number of aromatic nitrogens is 2. The fraction of sp³-hybridized carbons (Fsp3) is 0.296. The second-order valence-electron chi connectivity index (χ2n) is 9.36. The van der Waals surface area contributed by atoms with Gasteiger partial charge in [0.05, 0.1) is 39.4 Å². The Kier molecular flexibility index (Phi) is 5.16. The molecule has 2 amide bonds. The maximum atomic E-state index is 13.3. The Morgan fingerprint density at radius 1 is 1.00 bits per heavy atom. The molecule has 1 saturated carbocycles. The molecule has 0 unspecified atom stereocenters. The van der Waals surface area contributed by atoms with Crippen molar-refractivity contribution >= 4 is 23.2 Å². The molecule has 1 heterocycles. The third kappa shape index (κ3) is 3.65. The summed E-state index contributed by atoms with van der Waals surface area (Å²) in [5.74, 6) is 0.445. The molecule has 5 rings (SSSR count). The van der Waals surface area contributed by atoms with Gasteiger partial charge >= 0.3 is 0 Å². The molecule has 1 aromatic heterocycles. The van der Waals surface area contributed by atoms with Crippen LogP contribution >= 0.6 is 0 Å². The zero-order chi connectivity index (χ0) is 23.2. The first-order valence-corrected chi connectivity index (χ1v) is 11.4. The molecule has 6 nitrogen and oxygen atoms in total. The van der Waals surface area contributed by atoms with Crippen molar-refractivity contribution < 1.29 is 9.59 Å². The van der Waals surface area contributed by atoms with Crippen LogP contribution in [0.4, 0.5) is 11.4 Å². The van der Waals surface area contributed by atoms with E-state index in [4.69, 9.17) is 0 Å². The number of nitrogens with zero attached hydrogens (tertiary/aromatic N) is 2. The van der Waals surface area contributed by atoms with Gasteiger partial charge in [-0.3, -0.25) is 9.59 Å². The zero-order valence-corrected chi connectivity index (χ0v) is 19.1. The van der Waals surface area contributed by atoms with Crippen molar-refractivity contribution in [1.82, 2.24) is 9.78 Å². The molecule has 3 atom stereocenters. The number of fused-ring (bicyclic) bond motifs is 2. The molecule has 6 heteroatoms. The summed E-state index contributed by atoms with van der Waals surface area (Å²) in [5.41, 5.74) is 3.70. The quantitative estimate of drug-likeness (QED) is 0.530. The summed E-state index contributed by atoms with van der Waals surface area (Å²) >= 11 is 0. The van der Waals surface area contributed by atoms with E-state index in [0.717, 1.165) is 29.9 Å². The summed E-state index contributed by atoms with van der Waals surface area (Å²) in [5, 5.41) is 10.7. The number of anilines is 2. The number of carbonyl (C=O) groups is 2. The largest absolute Gasteiger partial charge is 0.325 e.